The smallest absolute Gasteiger partial charge is 0.410 e. The fourth-order valence-electron chi connectivity index (χ4n) is 3.65. The molecule has 2 aliphatic heterocycles. The van der Waals surface area contributed by atoms with E-state index in [1.54, 1.807) is 9.80 Å². The van der Waals surface area contributed by atoms with Gasteiger partial charge in [0.1, 0.15) is 17.7 Å². The Kier molecular flexibility index (Phi) is 6.16. The van der Waals surface area contributed by atoms with E-state index >= 15 is 0 Å². The normalized spacial score (nSPS) is 20.6. The summed E-state index contributed by atoms with van der Waals surface area (Å²) in [7, 11) is 1.32. The highest BCUT2D eigenvalue weighted by atomic mass is 16.6. The quantitative estimate of drug-likeness (QED) is 0.698. The molecule has 0 radical (unpaired) electrons. The predicted octanol–water partition coefficient (Wildman–Crippen LogP) is 1.44. The van der Waals surface area contributed by atoms with Crippen LogP contribution in [0, 0.1) is 0 Å². The summed E-state index contributed by atoms with van der Waals surface area (Å²) in [6, 6.07) is 0. The molecule has 8 heteroatoms. The van der Waals surface area contributed by atoms with Crippen molar-refractivity contribution >= 4 is 18.0 Å². The summed E-state index contributed by atoms with van der Waals surface area (Å²) < 4.78 is 10.1. The molecule has 2 saturated heterocycles. The number of amides is 2. The molecule has 0 saturated carbocycles. The number of methoxy groups -OCH3 is 1. The molecule has 0 aromatic rings. The highest BCUT2D eigenvalue weighted by molar-refractivity contribution is 5.91. The van der Waals surface area contributed by atoms with Crippen LogP contribution in [0.25, 0.3) is 0 Å². The molecule has 2 heterocycles. The van der Waals surface area contributed by atoms with E-state index in [2.05, 4.69) is 11.8 Å². The highest BCUT2D eigenvalue weighted by Gasteiger charge is 2.54. The van der Waals surface area contributed by atoms with E-state index in [4.69, 9.17) is 9.47 Å². The van der Waals surface area contributed by atoms with Gasteiger partial charge in [-0.15, -0.1) is 0 Å². The van der Waals surface area contributed by atoms with E-state index in [-0.39, 0.29) is 18.5 Å². The van der Waals surface area contributed by atoms with E-state index in [9.17, 15) is 14.4 Å². The van der Waals surface area contributed by atoms with E-state index < -0.39 is 17.1 Å². The number of hydrogen-bond acceptors (Lipinski definition) is 6. The largest absolute Gasteiger partial charge is 0.468 e. The van der Waals surface area contributed by atoms with Gasteiger partial charge in [0.2, 0.25) is 5.91 Å². The lowest BCUT2D eigenvalue weighted by atomic mass is 9.86. The van der Waals surface area contributed by atoms with Crippen LogP contribution < -0.4 is 0 Å². The minimum absolute atomic E-state index is 0.0346. The Morgan fingerprint density at radius 1 is 1.19 bits per heavy atom. The molecule has 1 spiro atoms. The summed E-state index contributed by atoms with van der Waals surface area (Å²) >= 11 is 0. The second-order valence-electron chi connectivity index (χ2n) is 7.98. The number of carbonyl (C=O) groups is 3. The zero-order valence-electron chi connectivity index (χ0n) is 16.5. The molecule has 26 heavy (non-hydrogen) atoms. The van der Waals surface area contributed by atoms with Crippen molar-refractivity contribution in [2.75, 3.05) is 40.0 Å². The van der Waals surface area contributed by atoms with Gasteiger partial charge in [-0.25, -0.2) is 4.79 Å². The fraction of sp³-hybridized carbons (Fsp3) is 0.833. The van der Waals surface area contributed by atoms with Gasteiger partial charge in [0.25, 0.3) is 0 Å². The summed E-state index contributed by atoms with van der Waals surface area (Å²) in [5.74, 6) is -0.460. The Bertz CT molecular complexity index is 550. The van der Waals surface area contributed by atoms with Gasteiger partial charge < -0.3 is 19.3 Å². The third-order valence-electron chi connectivity index (χ3n) is 4.92. The van der Waals surface area contributed by atoms with Crippen LogP contribution in [0.2, 0.25) is 0 Å². The maximum Gasteiger partial charge on any atom is 0.410 e. The molecule has 0 aromatic carbocycles. The van der Waals surface area contributed by atoms with Gasteiger partial charge in [-0.2, -0.15) is 0 Å². The first-order valence-corrected chi connectivity index (χ1v) is 9.22. The molecule has 2 rings (SSSR count). The lowest BCUT2D eigenvalue weighted by Crippen LogP contribution is -2.57. The standard InChI is InChI=1S/C18H31N3O5/c1-6-9-21-13-20(12-14(22)25-5)15(23)18(21)7-10-19(11-8-18)16(24)26-17(2,3)4/h6-13H2,1-5H3. The Labute approximate surface area is 155 Å². The molecule has 0 aromatic heterocycles. The Morgan fingerprint density at radius 2 is 1.81 bits per heavy atom. The number of ether oxygens (including phenoxy) is 2. The molecule has 0 atom stereocenters. The third kappa shape index (κ3) is 4.28. The lowest BCUT2D eigenvalue weighted by Gasteiger charge is -2.42. The van der Waals surface area contributed by atoms with Crippen molar-refractivity contribution in [2.24, 2.45) is 0 Å². The number of esters is 1. The summed E-state index contributed by atoms with van der Waals surface area (Å²) in [6.07, 6.45) is 1.66. The van der Waals surface area contributed by atoms with E-state index in [1.807, 2.05) is 20.8 Å². The number of piperidine rings is 1. The molecule has 2 aliphatic rings. The van der Waals surface area contributed by atoms with Crippen LogP contribution >= 0.6 is 0 Å². The van der Waals surface area contributed by atoms with Crippen molar-refractivity contribution in [1.82, 2.24) is 14.7 Å². The van der Waals surface area contributed by atoms with E-state index in [0.717, 1.165) is 13.0 Å². The van der Waals surface area contributed by atoms with Crippen molar-refractivity contribution in [3.63, 3.8) is 0 Å². The van der Waals surface area contributed by atoms with Crippen LogP contribution in [-0.4, -0.2) is 83.8 Å². The SMILES string of the molecule is CCCN1CN(CC(=O)OC)C(=O)C12CCN(C(=O)OC(C)(C)C)CC2. The Hall–Kier alpha value is -1.83. The number of hydrogen-bond donors (Lipinski definition) is 0. The first-order valence-electron chi connectivity index (χ1n) is 9.22. The summed E-state index contributed by atoms with van der Waals surface area (Å²) in [5.41, 5.74) is -1.18. The summed E-state index contributed by atoms with van der Waals surface area (Å²) in [4.78, 5) is 42.3. The van der Waals surface area contributed by atoms with Crippen molar-refractivity contribution in [3.05, 3.63) is 0 Å². The maximum absolute atomic E-state index is 13.1. The van der Waals surface area contributed by atoms with Gasteiger partial charge in [0, 0.05) is 19.6 Å². The van der Waals surface area contributed by atoms with Crippen LogP contribution in [0.15, 0.2) is 0 Å². The van der Waals surface area contributed by atoms with Crippen LogP contribution in [0.4, 0.5) is 4.79 Å². The zero-order chi connectivity index (χ0) is 19.5. The molecular weight excluding hydrogens is 338 g/mol. The third-order valence-corrected chi connectivity index (χ3v) is 4.92. The first-order chi connectivity index (χ1) is 12.1. The number of likely N-dealkylation sites (tertiary alicyclic amines) is 1. The second-order valence-corrected chi connectivity index (χ2v) is 7.98. The predicted molar refractivity (Wildman–Crippen MR) is 95.4 cm³/mol. The summed E-state index contributed by atoms with van der Waals surface area (Å²) in [5, 5.41) is 0. The minimum Gasteiger partial charge on any atom is -0.468 e. The van der Waals surface area contributed by atoms with Crippen molar-refractivity contribution in [3.8, 4) is 0 Å². The highest BCUT2D eigenvalue weighted by Crippen LogP contribution is 2.36. The molecule has 2 fully saturated rings. The van der Waals surface area contributed by atoms with Crippen molar-refractivity contribution < 1.29 is 23.9 Å². The molecule has 2 amide bonds. The van der Waals surface area contributed by atoms with Crippen LogP contribution in [0.3, 0.4) is 0 Å². The molecule has 148 valence electrons. The van der Waals surface area contributed by atoms with Gasteiger partial charge in [0.15, 0.2) is 0 Å². The Morgan fingerprint density at radius 3 is 2.31 bits per heavy atom. The maximum atomic E-state index is 13.1. The van der Waals surface area contributed by atoms with Gasteiger partial charge in [-0.3, -0.25) is 14.5 Å². The van der Waals surface area contributed by atoms with E-state index in [0.29, 0.717) is 32.6 Å². The first kappa shape index (κ1) is 20.5. The molecule has 0 unspecified atom stereocenters. The van der Waals surface area contributed by atoms with Crippen LogP contribution in [0.1, 0.15) is 47.0 Å². The van der Waals surface area contributed by atoms with Crippen LogP contribution in [0.5, 0.6) is 0 Å². The molecule has 8 nitrogen and oxygen atoms in total. The van der Waals surface area contributed by atoms with Gasteiger partial charge in [-0.05, 0) is 40.0 Å². The average Bonchev–Trinajstić information content (AvgIpc) is 2.80. The van der Waals surface area contributed by atoms with Crippen molar-refractivity contribution in [1.29, 1.82) is 0 Å². The number of nitrogens with zero attached hydrogens (tertiary/aromatic N) is 3. The van der Waals surface area contributed by atoms with Gasteiger partial charge in [-0.1, -0.05) is 6.92 Å². The zero-order valence-corrected chi connectivity index (χ0v) is 16.5. The number of carbonyl (C=O) groups excluding carboxylic acids is 3. The minimum atomic E-state index is -0.636. The average molecular weight is 369 g/mol. The molecular formula is C18H31N3O5. The summed E-state index contributed by atoms with van der Waals surface area (Å²) in [6.45, 7) is 9.67. The topological polar surface area (TPSA) is 79.4 Å². The van der Waals surface area contributed by atoms with Crippen LogP contribution in [-0.2, 0) is 19.1 Å². The molecule has 0 aliphatic carbocycles. The van der Waals surface area contributed by atoms with E-state index in [1.165, 1.54) is 7.11 Å². The second kappa shape index (κ2) is 7.82. The van der Waals surface area contributed by atoms with Crippen molar-refractivity contribution in [2.45, 2.75) is 58.1 Å². The van der Waals surface area contributed by atoms with Gasteiger partial charge in [0.05, 0.1) is 13.8 Å². The number of rotatable bonds is 4. The Balaban J connectivity index is 2.08. The monoisotopic (exact) mass is 369 g/mol. The fourth-order valence-corrected chi connectivity index (χ4v) is 3.65. The molecule has 0 N–H and O–H groups in total. The van der Waals surface area contributed by atoms with Gasteiger partial charge >= 0.3 is 12.1 Å². The molecule has 0 bridgehead atoms. The lowest BCUT2D eigenvalue weighted by molar-refractivity contribution is -0.147.